The topological polar surface area (TPSA) is 46.9 Å². The highest BCUT2D eigenvalue weighted by molar-refractivity contribution is 5.76. The van der Waals surface area contributed by atoms with Crippen molar-refractivity contribution in [2.45, 2.75) is 72.1 Å². The number of aryl methyl sites for hydroxylation is 2. The van der Waals surface area contributed by atoms with Crippen LogP contribution in [0.1, 0.15) is 70.7 Å². The second kappa shape index (κ2) is 9.56. The van der Waals surface area contributed by atoms with Crippen LogP contribution in [0.2, 0.25) is 0 Å². The van der Waals surface area contributed by atoms with Crippen LogP contribution in [0.25, 0.3) is 0 Å². The number of hydrogen-bond donors (Lipinski definition) is 1. The lowest BCUT2D eigenvalue weighted by atomic mass is 10.2. The molecule has 1 aromatic rings. The molecule has 0 aliphatic heterocycles. The Hall–Kier alpha value is -1.32. The first-order chi connectivity index (χ1) is 9.72. The van der Waals surface area contributed by atoms with Gasteiger partial charge in [-0.2, -0.15) is 9.78 Å². The highest BCUT2D eigenvalue weighted by atomic mass is 16.2. The van der Waals surface area contributed by atoms with Crippen LogP contribution in [0.4, 0.5) is 4.79 Å². The van der Waals surface area contributed by atoms with E-state index in [9.17, 15) is 4.79 Å². The SMILES string of the molecule is CCCCCCNC(=O)n1nc(CCC)cc1CCC. The van der Waals surface area contributed by atoms with E-state index in [1.807, 2.05) is 0 Å². The Kier molecular flexibility index (Phi) is 8.00. The fourth-order valence-corrected chi connectivity index (χ4v) is 2.29. The molecule has 0 fully saturated rings. The maximum absolute atomic E-state index is 12.2. The summed E-state index contributed by atoms with van der Waals surface area (Å²) in [4.78, 5) is 12.2. The molecule has 1 amide bonds. The van der Waals surface area contributed by atoms with Crippen molar-refractivity contribution in [3.05, 3.63) is 17.5 Å². The summed E-state index contributed by atoms with van der Waals surface area (Å²) in [6, 6.07) is 2.00. The molecule has 0 bridgehead atoms. The number of unbranched alkanes of at least 4 members (excludes halogenated alkanes) is 3. The van der Waals surface area contributed by atoms with Gasteiger partial charge in [-0.05, 0) is 25.3 Å². The van der Waals surface area contributed by atoms with Gasteiger partial charge in [0.15, 0.2) is 0 Å². The first-order valence-corrected chi connectivity index (χ1v) is 8.08. The number of rotatable bonds is 9. The Bertz CT molecular complexity index is 398. The monoisotopic (exact) mass is 279 g/mol. The number of amides is 1. The normalized spacial score (nSPS) is 10.8. The molecular formula is C16H29N3O. The van der Waals surface area contributed by atoms with E-state index in [-0.39, 0.29) is 6.03 Å². The van der Waals surface area contributed by atoms with E-state index in [1.165, 1.54) is 19.3 Å². The number of carbonyl (C=O) groups is 1. The summed E-state index contributed by atoms with van der Waals surface area (Å²) in [5.74, 6) is 0. The van der Waals surface area contributed by atoms with Crippen LogP contribution >= 0.6 is 0 Å². The predicted octanol–water partition coefficient (Wildman–Crippen LogP) is 3.93. The average Bonchev–Trinajstić information content (AvgIpc) is 2.82. The molecule has 0 unspecified atom stereocenters. The standard InChI is InChI=1S/C16H29N3O/c1-4-7-8-9-12-17-16(20)19-15(11-6-3)13-14(18-19)10-5-2/h13H,4-12H2,1-3H3,(H,17,20). The van der Waals surface area contributed by atoms with Crippen LogP contribution in [0.5, 0.6) is 0 Å². The van der Waals surface area contributed by atoms with Crippen LogP contribution in [0.15, 0.2) is 6.07 Å². The minimum Gasteiger partial charge on any atom is -0.336 e. The molecule has 0 aliphatic rings. The van der Waals surface area contributed by atoms with Gasteiger partial charge >= 0.3 is 6.03 Å². The van der Waals surface area contributed by atoms with Gasteiger partial charge in [0.25, 0.3) is 0 Å². The molecule has 0 saturated carbocycles. The number of nitrogens with one attached hydrogen (secondary N) is 1. The molecule has 0 aromatic carbocycles. The van der Waals surface area contributed by atoms with E-state index in [0.717, 1.165) is 50.0 Å². The minimum absolute atomic E-state index is 0.0766. The third-order valence-corrected chi connectivity index (χ3v) is 3.34. The van der Waals surface area contributed by atoms with Crippen molar-refractivity contribution in [3.8, 4) is 0 Å². The Labute approximate surface area is 122 Å². The number of carbonyl (C=O) groups excluding carboxylic acids is 1. The molecule has 0 saturated heterocycles. The van der Waals surface area contributed by atoms with Crippen molar-refractivity contribution in [1.29, 1.82) is 0 Å². The van der Waals surface area contributed by atoms with Gasteiger partial charge in [0.1, 0.15) is 0 Å². The summed E-state index contributed by atoms with van der Waals surface area (Å²) in [7, 11) is 0. The van der Waals surface area contributed by atoms with Crippen LogP contribution < -0.4 is 5.32 Å². The van der Waals surface area contributed by atoms with Crippen LogP contribution in [-0.2, 0) is 12.8 Å². The molecule has 1 aromatic heterocycles. The van der Waals surface area contributed by atoms with Gasteiger partial charge in [0.05, 0.1) is 5.69 Å². The molecule has 114 valence electrons. The summed E-state index contributed by atoms with van der Waals surface area (Å²) in [5, 5.41) is 7.41. The van der Waals surface area contributed by atoms with Crippen molar-refractivity contribution in [1.82, 2.24) is 15.1 Å². The first kappa shape index (κ1) is 16.7. The zero-order valence-corrected chi connectivity index (χ0v) is 13.2. The molecule has 0 radical (unpaired) electrons. The van der Waals surface area contributed by atoms with E-state index >= 15 is 0 Å². The highest BCUT2D eigenvalue weighted by Crippen LogP contribution is 2.09. The van der Waals surface area contributed by atoms with Crippen LogP contribution in [0.3, 0.4) is 0 Å². The van der Waals surface area contributed by atoms with E-state index in [1.54, 1.807) is 4.68 Å². The molecule has 1 rings (SSSR count). The lowest BCUT2D eigenvalue weighted by molar-refractivity contribution is 0.238. The fraction of sp³-hybridized carbons (Fsp3) is 0.750. The molecule has 0 aliphatic carbocycles. The van der Waals surface area contributed by atoms with Gasteiger partial charge in [-0.25, -0.2) is 4.79 Å². The first-order valence-electron chi connectivity index (χ1n) is 8.08. The molecule has 4 nitrogen and oxygen atoms in total. The lowest BCUT2D eigenvalue weighted by Crippen LogP contribution is -2.31. The lowest BCUT2D eigenvalue weighted by Gasteiger charge is -2.07. The maximum Gasteiger partial charge on any atom is 0.342 e. The number of hydrogen-bond acceptors (Lipinski definition) is 2. The smallest absolute Gasteiger partial charge is 0.336 e. The summed E-state index contributed by atoms with van der Waals surface area (Å²) < 4.78 is 1.56. The zero-order valence-electron chi connectivity index (χ0n) is 13.2. The maximum atomic E-state index is 12.2. The Morgan fingerprint density at radius 1 is 1.10 bits per heavy atom. The van der Waals surface area contributed by atoms with Crippen molar-refractivity contribution in [3.63, 3.8) is 0 Å². The van der Waals surface area contributed by atoms with Gasteiger partial charge < -0.3 is 5.32 Å². The Balaban J connectivity index is 2.56. The van der Waals surface area contributed by atoms with Crippen molar-refractivity contribution < 1.29 is 4.79 Å². The van der Waals surface area contributed by atoms with Crippen molar-refractivity contribution in [2.75, 3.05) is 6.54 Å². The molecule has 1 N–H and O–H groups in total. The zero-order chi connectivity index (χ0) is 14.8. The van der Waals surface area contributed by atoms with Gasteiger partial charge in [-0.15, -0.1) is 0 Å². The number of aromatic nitrogens is 2. The van der Waals surface area contributed by atoms with Gasteiger partial charge in [0, 0.05) is 12.2 Å². The summed E-state index contributed by atoms with van der Waals surface area (Å²) in [5.41, 5.74) is 2.05. The quantitative estimate of drug-likeness (QED) is 0.696. The number of nitrogens with zero attached hydrogens (tertiary/aromatic N) is 2. The second-order valence-electron chi connectivity index (χ2n) is 5.33. The molecule has 0 spiro atoms. The van der Waals surface area contributed by atoms with Crippen LogP contribution in [0, 0.1) is 0 Å². The van der Waals surface area contributed by atoms with Gasteiger partial charge in [-0.3, -0.25) is 0 Å². The Morgan fingerprint density at radius 2 is 1.85 bits per heavy atom. The molecule has 1 heterocycles. The summed E-state index contributed by atoms with van der Waals surface area (Å²) >= 11 is 0. The average molecular weight is 279 g/mol. The largest absolute Gasteiger partial charge is 0.342 e. The summed E-state index contributed by atoms with van der Waals surface area (Å²) in [6.07, 6.45) is 8.60. The third-order valence-electron chi connectivity index (χ3n) is 3.34. The van der Waals surface area contributed by atoms with E-state index in [2.05, 4.69) is 37.3 Å². The Morgan fingerprint density at radius 3 is 2.50 bits per heavy atom. The summed E-state index contributed by atoms with van der Waals surface area (Å²) in [6.45, 7) is 7.19. The minimum atomic E-state index is -0.0766. The van der Waals surface area contributed by atoms with Gasteiger partial charge in [0.2, 0.25) is 0 Å². The molecule has 0 atom stereocenters. The van der Waals surface area contributed by atoms with Crippen LogP contribution in [-0.4, -0.2) is 22.4 Å². The van der Waals surface area contributed by atoms with E-state index < -0.39 is 0 Å². The fourth-order valence-electron chi connectivity index (χ4n) is 2.29. The molecule has 4 heteroatoms. The molecular weight excluding hydrogens is 250 g/mol. The van der Waals surface area contributed by atoms with Crippen molar-refractivity contribution in [2.24, 2.45) is 0 Å². The predicted molar refractivity (Wildman–Crippen MR) is 83.2 cm³/mol. The van der Waals surface area contributed by atoms with Gasteiger partial charge in [-0.1, -0.05) is 52.9 Å². The highest BCUT2D eigenvalue weighted by Gasteiger charge is 2.12. The molecule has 20 heavy (non-hydrogen) atoms. The van der Waals surface area contributed by atoms with E-state index in [0.29, 0.717) is 0 Å². The van der Waals surface area contributed by atoms with E-state index in [4.69, 9.17) is 0 Å². The second-order valence-corrected chi connectivity index (χ2v) is 5.33. The van der Waals surface area contributed by atoms with Crippen molar-refractivity contribution >= 4 is 6.03 Å². The third kappa shape index (κ3) is 5.35.